The molecule has 0 spiro atoms. The summed E-state index contributed by atoms with van der Waals surface area (Å²) in [7, 11) is 2.05. The predicted molar refractivity (Wildman–Crippen MR) is 82.8 cm³/mol. The van der Waals surface area contributed by atoms with E-state index < -0.39 is 5.79 Å². The molecule has 3 heterocycles. The van der Waals surface area contributed by atoms with Gasteiger partial charge in [0.1, 0.15) is 0 Å². The SMILES string of the molecule is CN1C=C(C2(NC3(C)CC3)N=Cc3ccncc3N2)NC1. The Kier molecular flexibility index (Phi) is 2.53. The molecular formula is C15H20N6. The van der Waals surface area contributed by atoms with Crippen LogP contribution in [-0.4, -0.2) is 41.1 Å². The van der Waals surface area contributed by atoms with Crippen molar-refractivity contribution in [3.63, 3.8) is 0 Å². The summed E-state index contributed by atoms with van der Waals surface area (Å²) in [5.41, 5.74) is 3.26. The van der Waals surface area contributed by atoms with E-state index in [-0.39, 0.29) is 5.54 Å². The maximum absolute atomic E-state index is 4.81. The van der Waals surface area contributed by atoms with Crippen LogP contribution >= 0.6 is 0 Å². The monoisotopic (exact) mass is 284 g/mol. The summed E-state index contributed by atoms with van der Waals surface area (Å²) in [4.78, 5) is 11.1. The lowest BCUT2D eigenvalue weighted by Gasteiger charge is -2.38. The summed E-state index contributed by atoms with van der Waals surface area (Å²) in [6.45, 7) is 3.04. The number of nitrogens with one attached hydrogen (secondary N) is 3. The standard InChI is InChI=1S/C15H20N6/c1-14(4-5-14)20-15(13-9-21(2)10-17-13)18-7-11-3-6-16-8-12(11)19-15/h3,6-9,17,19-20H,4-5,10H2,1-2H3. The summed E-state index contributed by atoms with van der Waals surface area (Å²) in [6.07, 6.45) is 10.0. The number of pyridine rings is 1. The van der Waals surface area contributed by atoms with Crippen molar-refractivity contribution in [1.29, 1.82) is 0 Å². The minimum Gasteiger partial charge on any atom is -0.365 e. The number of aliphatic imine (C=N–C) groups is 1. The van der Waals surface area contributed by atoms with Crippen molar-refractivity contribution in [2.75, 3.05) is 19.0 Å². The Morgan fingerprint density at radius 2 is 2.24 bits per heavy atom. The average Bonchev–Trinajstić information content (AvgIpc) is 3.02. The number of anilines is 1. The quantitative estimate of drug-likeness (QED) is 0.774. The van der Waals surface area contributed by atoms with Gasteiger partial charge in [0.25, 0.3) is 0 Å². The molecule has 21 heavy (non-hydrogen) atoms. The average molecular weight is 284 g/mol. The second-order valence-corrected chi connectivity index (χ2v) is 6.38. The maximum Gasteiger partial charge on any atom is 0.228 e. The summed E-state index contributed by atoms with van der Waals surface area (Å²) in [6, 6.07) is 1.97. The highest BCUT2D eigenvalue weighted by atomic mass is 15.4. The first-order valence-electron chi connectivity index (χ1n) is 7.32. The van der Waals surface area contributed by atoms with E-state index in [1.54, 1.807) is 6.20 Å². The Bertz CT molecular complexity index is 633. The van der Waals surface area contributed by atoms with Gasteiger partial charge in [0.15, 0.2) is 0 Å². The van der Waals surface area contributed by atoms with Crippen LogP contribution in [0.15, 0.2) is 35.3 Å². The first kappa shape index (κ1) is 12.6. The Balaban J connectivity index is 1.74. The molecule has 2 aliphatic heterocycles. The van der Waals surface area contributed by atoms with Crippen molar-refractivity contribution < 1.29 is 0 Å². The first-order valence-corrected chi connectivity index (χ1v) is 7.32. The zero-order valence-electron chi connectivity index (χ0n) is 12.3. The van der Waals surface area contributed by atoms with Crippen LogP contribution in [0.5, 0.6) is 0 Å². The van der Waals surface area contributed by atoms with Crippen LogP contribution in [0.4, 0.5) is 5.69 Å². The third-order valence-corrected chi connectivity index (χ3v) is 4.31. The zero-order valence-corrected chi connectivity index (χ0v) is 12.3. The minimum atomic E-state index is -0.633. The van der Waals surface area contributed by atoms with Gasteiger partial charge in [-0.25, -0.2) is 4.99 Å². The fourth-order valence-corrected chi connectivity index (χ4v) is 2.78. The van der Waals surface area contributed by atoms with Crippen molar-refractivity contribution in [3.05, 3.63) is 35.9 Å². The highest BCUT2D eigenvalue weighted by Gasteiger charge is 2.48. The summed E-state index contributed by atoms with van der Waals surface area (Å²) in [5, 5.41) is 10.7. The predicted octanol–water partition coefficient (Wildman–Crippen LogP) is 1.06. The minimum absolute atomic E-state index is 0.147. The summed E-state index contributed by atoms with van der Waals surface area (Å²) >= 11 is 0. The summed E-state index contributed by atoms with van der Waals surface area (Å²) < 4.78 is 0. The Labute approximate surface area is 124 Å². The van der Waals surface area contributed by atoms with Crippen LogP contribution in [0.1, 0.15) is 25.3 Å². The van der Waals surface area contributed by atoms with E-state index in [1.807, 2.05) is 18.5 Å². The van der Waals surface area contributed by atoms with Gasteiger partial charge in [-0.2, -0.15) is 0 Å². The number of rotatable bonds is 3. The van der Waals surface area contributed by atoms with Gasteiger partial charge in [0.2, 0.25) is 5.79 Å². The van der Waals surface area contributed by atoms with Crippen molar-refractivity contribution in [3.8, 4) is 0 Å². The molecule has 1 aliphatic carbocycles. The highest BCUT2D eigenvalue weighted by molar-refractivity contribution is 5.90. The van der Waals surface area contributed by atoms with Gasteiger partial charge in [0.05, 0.1) is 24.2 Å². The zero-order chi connectivity index (χ0) is 14.5. The van der Waals surface area contributed by atoms with Gasteiger partial charge in [-0.3, -0.25) is 10.3 Å². The molecule has 1 atom stereocenters. The largest absolute Gasteiger partial charge is 0.365 e. The Morgan fingerprint density at radius 1 is 1.38 bits per heavy atom. The number of aromatic nitrogens is 1. The number of hydrogen-bond acceptors (Lipinski definition) is 6. The molecule has 1 unspecified atom stereocenters. The van der Waals surface area contributed by atoms with Crippen LogP contribution in [0.3, 0.4) is 0 Å². The van der Waals surface area contributed by atoms with Gasteiger partial charge < -0.3 is 15.5 Å². The van der Waals surface area contributed by atoms with E-state index in [9.17, 15) is 0 Å². The van der Waals surface area contributed by atoms with Gasteiger partial charge in [0, 0.05) is 36.8 Å². The second-order valence-electron chi connectivity index (χ2n) is 6.38. The first-order chi connectivity index (χ1) is 10.1. The van der Waals surface area contributed by atoms with Crippen molar-refractivity contribution in [2.24, 2.45) is 4.99 Å². The molecule has 1 aromatic rings. The summed E-state index contributed by atoms with van der Waals surface area (Å²) in [5.74, 6) is -0.633. The lowest BCUT2D eigenvalue weighted by atomic mass is 10.1. The second kappa shape index (κ2) is 4.21. The van der Waals surface area contributed by atoms with Crippen molar-refractivity contribution in [1.82, 2.24) is 20.5 Å². The van der Waals surface area contributed by atoms with Gasteiger partial charge in [-0.15, -0.1) is 0 Å². The molecule has 0 radical (unpaired) electrons. The van der Waals surface area contributed by atoms with Crippen LogP contribution in [-0.2, 0) is 0 Å². The molecule has 6 heteroatoms. The molecule has 4 rings (SSSR count). The molecule has 110 valence electrons. The molecule has 3 aliphatic rings. The molecule has 0 saturated heterocycles. The molecule has 0 bridgehead atoms. The highest BCUT2D eigenvalue weighted by Crippen LogP contribution is 2.39. The molecule has 1 saturated carbocycles. The lowest BCUT2D eigenvalue weighted by Crippen LogP contribution is -2.59. The topological polar surface area (TPSA) is 64.6 Å². The van der Waals surface area contributed by atoms with Crippen molar-refractivity contribution in [2.45, 2.75) is 31.1 Å². The fraction of sp³-hybridized carbons (Fsp3) is 0.467. The normalized spacial score (nSPS) is 28.5. The van der Waals surface area contributed by atoms with E-state index >= 15 is 0 Å². The van der Waals surface area contributed by atoms with Crippen LogP contribution in [0, 0.1) is 0 Å². The molecule has 6 nitrogen and oxygen atoms in total. The third kappa shape index (κ3) is 2.15. The van der Waals surface area contributed by atoms with E-state index in [1.165, 1.54) is 12.8 Å². The molecule has 0 amide bonds. The number of nitrogens with zero attached hydrogens (tertiary/aromatic N) is 3. The molecule has 1 fully saturated rings. The van der Waals surface area contributed by atoms with Gasteiger partial charge in [-0.05, 0) is 25.8 Å². The Hall–Kier alpha value is -2.08. The van der Waals surface area contributed by atoms with Gasteiger partial charge >= 0.3 is 0 Å². The fourth-order valence-electron chi connectivity index (χ4n) is 2.78. The maximum atomic E-state index is 4.81. The Morgan fingerprint density at radius 3 is 2.95 bits per heavy atom. The van der Waals surface area contributed by atoms with Crippen LogP contribution in [0.25, 0.3) is 0 Å². The van der Waals surface area contributed by atoms with Crippen LogP contribution in [0.2, 0.25) is 0 Å². The van der Waals surface area contributed by atoms with Crippen LogP contribution < -0.4 is 16.0 Å². The van der Waals surface area contributed by atoms with E-state index in [4.69, 9.17) is 4.99 Å². The van der Waals surface area contributed by atoms with E-state index in [0.717, 1.165) is 23.6 Å². The van der Waals surface area contributed by atoms with Crippen molar-refractivity contribution >= 4 is 11.9 Å². The van der Waals surface area contributed by atoms with E-state index in [2.05, 4.69) is 46.0 Å². The molecule has 0 aromatic carbocycles. The molecule has 3 N–H and O–H groups in total. The van der Waals surface area contributed by atoms with E-state index in [0.29, 0.717) is 0 Å². The number of hydrogen-bond donors (Lipinski definition) is 3. The lowest BCUT2D eigenvalue weighted by molar-refractivity contribution is 0.362. The third-order valence-electron chi connectivity index (χ3n) is 4.31. The smallest absolute Gasteiger partial charge is 0.228 e. The number of fused-ring (bicyclic) bond motifs is 1. The molecule has 1 aromatic heterocycles. The van der Waals surface area contributed by atoms with Gasteiger partial charge in [-0.1, -0.05) is 0 Å². The molecular weight excluding hydrogens is 264 g/mol.